The summed E-state index contributed by atoms with van der Waals surface area (Å²) in [7, 11) is 0. The molecule has 27 heavy (non-hydrogen) atoms. The highest BCUT2D eigenvalue weighted by Crippen LogP contribution is 2.23. The number of nitrogens with zero attached hydrogens (tertiary/aromatic N) is 1. The van der Waals surface area contributed by atoms with Gasteiger partial charge in [0.1, 0.15) is 6.04 Å². The van der Waals surface area contributed by atoms with Crippen LogP contribution in [0.5, 0.6) is 0 Å². The van der Waals surface area contributed by atoms with Crippen LogP contribution in [-0.2, 0) is 11.2 Å². The molecule has 0 aliphatic carbocycles. The molecule has 4 heteroatoms. The molecule has 3 rings (SSSR count). The van der Waals surface area contributed by atoms with E-state index in [1.165, 1.54) is 11.1 Å². The molecule has 0 spiro atoms. The van der Waals surface area contributed by atoms with Crippen LogP contribution in [0.4, 0.5) is 5.69 Å². The van der Waals surface area contributed by atoms with Crippen molar-refractivity contribution >= 4 is 23.2 Å². The molecule has 1 atom stereocenters. The van der Waals surface area contributed by atoms with E-state index >= 15 is 0 Å². The average Bonchev–Trinajstić information content (AvgIpc) is 2.69. The van der Waals surface area contributed by atoms with Gasteiger partial charge in [0.25, 0.3) is 0 Å². The summed E-state index contributed by atoms with van der Waals surface area (Å²) in [6.07, 6.45) is 0.736. The second-order valence-electron chi connectivity index (χ2n) is 6.59. The van der Waals surface area contributed by atoms with Crippen molar-refractivity contribution < 1.29 is 4.79 Å². The minimum atomic E-state index is -0.719. The molecule has 3 nitrogen and oxygen atoms in total. The zero-order valence-electron chi connectivity index (χ0n) is 15.3. The number of rotatable bonds is 6. The number of nitrogens with two attached hydrogens (primary N) is 1. The highest BCUT2D eigenvalue weighted by atomic mass is 35.5. The molecule has 0 saturated heterocycles. The van der Waals surface area contributed by atoms with Gasteiger partial charge in [-0.25, -0.2) is 0 Å². The number of halogens is 1. The monoisotopic (exact) mass is 378 g/mol. The summed E-state index contributed by atoms with van der Waals surface area (Å²) in [5.41, 5.74) is 10.2. The van der Waals surface area contributed by atoms with Gasteiger partial charge in [0.2, 0.25) is 5.91 Å². The largest absolute Gasteiger partial charge is 0.316 e. The van der Waals surface area contributed by atoms with Gasteiger partial charge in [-0.05, 0) is 42.7 Å². The third kappa shape index (κ3) is 4.97. The van der Waals surface area contributed by atoms with Gasteiger partial charge in [0.15, 0.2) is 0 Å². The summed E-state index contributed by atoms with van der Waals surface area (Å²) in [6, 6.07) is 24.4. The van der Waals surface area contributed by atoms with Crippen molar-refractivity contribution in [2.75, 3.05) is 11.4 Å². The molecule has 1 unspecified atom stereocenters. The molecule has 138 valence electrons. The van der Waals surface area contributed by atoms with E-state index in [0.29, 0.717) is 11.6 Å². The van der Waals surface area contributed by atoms with Crippen molar-refractivity contribution in [2.24, 2.45) is 5.73 Å². The standard InChI is InChI=1S/C23H23ClN2O/c1-17-10-12-18(13-11-17)14-15-26(21-9-5-8-20(24)16-21)23(27)22(25)19-6-3-2-4-7-19/h2-13,16,22H,14-15,25H2,1H3. The maximum atomic E-state index is 13.2. The maximum Gasteiger partial charge on any atom is 0.248 e. The van der Waals surface area contributed by atoms with Crippen molar-refractivity contribution in [3.8, 4) is 0 Å². The van der Waals surface area contributed by atoms with E-state index in [1.54, 1.807) is 17.0 Å². The van der Waals surface area contributed by atoms with E-state index in [1.807, 2.05) is 42.5 Å². The van der Waals surface area contributed by atoms with Gasteiger partial charge < -0.3 is 10.6 Å². The Morgan fingerprint density at radius 2 is 1.70 bits per heavy atom. The molecule has 2 N–H and O–H groups in total. The summed E-state index contributed by atoms with van der Waals surface area (Å²) >= 11 is 6.16. The molecule has 3 aromatic rings. The molecule has 0 bridgehead atoms. The van der Waals surface area contributed by atoms with Gasteiger partial charge in [-0.15, -0.1) is 0 Å². The minimum Gasteiger partial charge on any atom is -0.316 e. The van der Waals surface area contributed by atoms with Crippen LogP contribution in [0.2, 0.25) is 5.02 Å². The lowest BCUT2D eigenvalue weighted by Crippen LogP contribution is -2.40. The second-order valence-corrected chi connectivity index (χ2v) is 7.03. The summed E-state index contributed by atoms with van der Waals surface area (Å²) < 4.78 is 0. The van der Waals surface area contributed by atoms with E-state index in [-0.39, 0.29) is 5.91 Å². The highest BCUT2D eigenvalue weighted by Gasteiger charge is 2.23. The molecule has 0 fully saturated rings. The molecule has 3 aromatic carbocycles. The summed E-state index contributed by atoms with van der Waals surface area (Å²) in [4.78, 5) is 14.9. The Labute approximate surface area is 165 Å². The van der Waals surface area contributed by atoms with Crippen LogP contribution in [0.25, 0.3) is 0 Å². The van der Waals surface area contributed by atoms with Crippen LogP contribution in [0.3, 0.4) is 0 Å². The van der Waals surface area contributed by atoms with Crippen molar-refractivity contribution in [1.82, 2.24) is 0 Å². The van der Waals surface area contributed by atoms with Gasteiger partial charge in [0, 0.05) is 17.3 Å². The molecule has 0 radical (unpaired) electrons. The smallest absolute Gasteiger partial charge is 0.248 e. The Morgan fingerprint density at radius 3 is 2.37 bits per heavy atom. The highest BCUT2D eigenvalue weighted by molar-refractivity contribution is 6.30. The lowest BCUT2D eigenvalue weighted by Gasteiger charge is -2.26. The molecule has 0 aliphatic rings. The number of aryl methyl sites for hydroxylation is 1. The number of carbonyl (C=O) groups excluding carboxylic acids is 1. The van der Waals surface area contributed by atoms with Crippen LogP contribution in [0.15, 0.2) is 78.9 Å². The fourth-order valence-corrected chi connectivity index (χ4v) is 3.16. The van der Waals surface area contributed by atoms with Crippen molar-refractivity contribution in [2.45, 2.75) is 19.4 Å². The Hall–Kier alpha value is -2.62. The first-order valence-electron chi connectivity index (χ1n) is 8.97. The van der Waals surface area contributed by atoms with Gasteiger partial charge in [-0.2, -0.15) is 0 Å². The van der Waals surface area contributed by atoms with E-state index in [4.69, 9.17) is 17.3 Å². The Kier molecular flexibility index (Phi) is 6.28. The van der Waals surface area contributed by atoms with Gasteiger partial charge in [0.05, 0.1) is 0 Å². The normalized spacial score (nSPS) is 11.8. The first kappa shape index (κ1) is 19.2. The van der Waals surface area contributed by atoms with Crippen LogP contribution in [0, 0.1) is 6.92 Å². The number of carbonyl (C=O) groups is 1. The molecular formula is C23H23ClN2O. The number of anilines is 1. The van der Waals surface area contributed by atoms with Crippen LogP contribution < -0.4 is 10.6 Å². The van der Waals surface area contributed by atoms with E-state index in [0.717, 1.165) is 17.7 Å². The SMILES string of the molecule is Cc1ccc(CCN(C(=O)C(N)c2ccccc2)c2cccc(Cl)c2)cc1. The zero-order chi connectivity index (χ0) is 19.2. The Morgan fingerprint density at radius 1 is 1.00 bits per heavy atom. The molecule has 0 aliphatic heterocycles. The zero-order valence-corrected chi connectivity index (χ0v) is 16.1. The summed E-state index contributed by atoms with van der Waals surface area (Å²) in [5, 5.41) is 0.592. The van der Waals surface area contributed by atoms with Gasteiger partial charge in [-0.3, -0.25) is 4.79 Å². The van der Waals surface area contributed by atoms with Gasteiger partial charge in [-0.1, -0.05) is 77.8 Å². The number of benzene rings is 3. The second kappa shape index (κ2) is 8.85. The third-order valence-electron chi connectivity index (χ3n) is 4.56. The molecule has 0 heterocycles. The predicted molar refractivity (Wildman–Crippen MR) is 112 cm³/mol. The van der Waals surface area contributed by atoms with E-state index in [2.05, 4.69) is 31.2 Å². The molecule has 0 saturated carbocycles. The van der Waals surface area contributed by atoms with Crippen molar-refractivity contribution in [3.05, 3.63) is 101 Å². The number of amides is 1. The summed E-state index contributed by atoms with van der Waals surface area (Å²) in [6.45, 7) is 2.59. The third-order valence-corrected chi connectivity index (χ3v) is 4.79. The minimum absolute atomic E-state index is 0.143. The van der Waals surface area contributed by atoms with Crippen molar-refractivity contribution in [1.29, 1.82) is 0 Å². The average molecular weight is 379 g/mol. The number of hydrogen-bond donors (Lipinski definition) is 1. The van der Waals surface area contributed by atoms with Crippen LogP contribution >= 0.6 is 11.6 Å². The maximum absolute atomic E-state index is 13.2. The predicted octanol–water partition coefficient (Wildman–Crippen LogP) is 4.92. The van der Waals surface area contributed by atoms with Crippen LogP contribution in [0.1, 0.15) is 22.7 Å². The molecule has 0 aromatic heterocycles. The Balaban J connectivity index is 1.85. The van der Waals surface area contributed by atoms with Gasteiger partial charge >= 0.3 is 0 Å². The first-order valence-corrected chi connectivity index (χ1v) is 9.35. The molecule has 1 amide bonds. The fourth-order valence-electron chi connectivity index (χ4n) is 2.98. The van der Waals surface area contributed by atoms with Crippen molar-refractivity contribution in [3.63, 3.8) is 0 Å². The lowest BCUT2D eigenvalue weighted by atomic mass is 10.0. The topological polar surface area (TPSA) is 46.3 Å². The number of hydrogen-bond acceptors (Lipinski definition) is 2. The first-order chi connectivity index (χ1) is 13.0. The fraction of sp³-hybridized carbons (Fsp3) is 0.174. The molecular weight excluding hydrogens is 356 g/mol. The lowest BCUT2D eigenvalue weighted by molar-refractivity contribution is -0.120. The quantitative estimate of drug-likeness (QED) is 0.661. The van der Waals surface area contributed by atoms with E-state index in [9.17, 15) is 4.79 Å². The summed E-state index contributed by atoms with van der Waals surface area (Å²) in [5.74, 6) is -0.143. The van der Waals surface area contributed by atoms with E-state index < -0.39 is 6.04 Å². The van der Waals surface area contributed by atoms with Crippen LogP contribution in [-0.4, -0.2) is 12.5 Å². The Bertz CT molecular complexity index is 894.